The Kier molecular flexibility index (Phi) is 3.95. The zero-order chi connectivity index (χ0) is 14.5. The van der Waals surface area contributed by atoms with Crippen LogP contribution < -0.4 is 10.1 Å². The van der Waals surface area contributed by atoms with Crippen LogP contribution in [0.15, 0.2) is 48.5 Å². The van der Waals surface area contributed by atoms with Gasteiger partial charge in [0.15, 0.2) is 0 Å². The Morgan fingerprint density at radius 2 is 1.90 bits per heavy atom. The number of benzene rings is 2. The van der Waals surface area contributed by atoms with E-state index in [2.05, 4.69) is 5.32 Å². The van der Waals surface area contributed by atoms with E-state index in [1.54, 1.807) is 43.3 Å². The fourth-order valence-electron chi connectivity index (χ4n) is 1.59. The summed E-state index contributed by atoms with van der Waals surface area (Å²) in [5.74, 6) is 0.396. The molecule has 0 aliphatic heterocycles. The Bertz CT molecular complexity index is 641. The van der Waals surface area contributed by atoms with Gasteiger partial charge in [0, 0.05) is 12.1 Å². The lowest BCUT2D eigenvalue weighted by atomic mass is 10.2. The number of carbonyl (C=O) groups excluding carboxylic acids is 1. The van der Waals surface area contributed by atoms with E-state index >= 15 is 0 Å². The first-order valence-electron chi connectivity index (χ1n) is 5.85. The van der Waals surface area contributed by atoms with E-state index in [0.717, 1.165) is 0 Å². The van der Waals surface area contributed by atoms with Crippen molar-refractivity contribution in [2.24, 2.45) is 0 Å². The third-order valence-corrected chi connectivity index (χ3v) is 2.62. The molecule has 0 atom stereocenters. The zero-order valence-corrected chi connectivity index (χ0v) is 10.7. The second-order valence-corrected chi connectivity index (χ2v) is 4.08. The number of nitro groups is 1. The number of aryl methyl sites for hydroxylation is 1. The largest absolute Gasteiger partial charge is 0.417 e. The normalized spacial score (nSPS) is 9.85. The highest BCUT2D eigenvalue weighted by molar-refractivity contribution is 5.87. The number of rotatable bonds is 3. The molecule has 1 amide bonds. The van der Waals surface area contributed by atoms with Crippen LogP contribution in [-0.2, 0) is 0 Å². The van der Waals surface area contributed by atoms with E-state index in [4.69, 9.17) is 4.74 Å². The van der Waals surface area contributed by atoms with Crippen LogP contribution in [0.4, 0.5) is 16.2 Å². The second-order valence-electron chi connectivity index (χ2n) is 4.08. The summed E-state index contributed by atoms with van der Waals surface area (Å²) in [6.45, 7) is 1.74. The van der Waals surface area contributed by atoms with Crippen molar-refractivity contribution in [1.82, 2.24) is 0 Å². The van der Waals surface area contributed by atoms with Crippen molar-refractivity contribution >= 4 is 17.5 Å². The Balaban J connectivity index is 2.11. The van der Waals surface area contributed by atoms with Gasteiger partial charge >= 0.3 is 6.09 Å². The lowest BCUT2D eigenvalue weighted by Gasteiger charge is -2.08. The molecule has 2 rings (SSSR count). The summed E-state index contributed by atoms with van der Waals surface area (Å²) < 4.78 is 5.05. The third-order valence-electron chi connectivity index (χ3n) is 2.62. The highest BCUT2D eigenvalue weighted by Crippen LogP contribution is 2.22. The van der Waals surface area contributed by atoms with Crippen molar-refractivity contribution in [3.8, 4) is 5.75 Å². The molecule has 0 aromatic heterocycles. The van der Waals surface area contributed by atoms with Gasteiger partial charge in [-0.05, 0) is 24.6 Å². The number of nitro benzene ring substituents is 1. The van der Waals surface area contributed by atoms with Crippen molar-refractivity contribution in [2.75, 3.05) is 5.32 Å². The smallest absolute Gasteiger partial charge is 0.410 e. The topological polar surface area (TPSA) is 81.5 Å². The average Bonchev–Trinajstić information content (AvgIpc) is 2.42. The maximum atomic E-state index is 11.7. The van der Waals surface area contributed by atoms with Crippen LogP contribution in [-0.4, -0.2) is 11.0 Å². The number of non-ortho nitro benzene ring substituents is 1. The van der Waals surface area contributed by atoms with E-state index in [1.165, 1.54) is 12.1 Å². The molecule has 0 heterocycles. The van der Waals surface area contributed by atoms with Crippen LogP contribution in [0.3, 0.4) is 0 Å². The Hall–Kier alpha value is -2.89. The van der Waals surface area contributed by atoms with E-state index in [1.807, 2.05) is 0 Å². The van der Waals surface area contributed by atoms with Crippen LogP contribution in [0.5, 0.6) is 5.75 Å². The minimum absolute atomic E-state index is 0.0920. The minimum Gasteiger partial charge on any atom is -0.410 e. The monoisotopic (exact) mass is 272 g/mol. The molecule has 6 nitrogen and oxygen atoms in total. The van der Waals surface area contributed by atoms with Crippen molar-refractivity contribution in [3.05, 3.63) is 64.2 Å². The summed E-state index contributed by atoms with van der Waals surface area (Å²) >= 11 is 0. The number of amides is 1. The van der Waals surface area contributed by atoms with Gasteiger partial charge in [0.1, 0.15) is 5.75 Å². The molecule has 2 aromatic carbocycles. The Morgan fingerprint density at radius 1 is 1.20 bits per heavy atom. The quantitative estimate of drug-likeness (QED) is 0.684. The maximum absolute atomic E-state index is 11.7. The number of nitrogens with zero attached hydrogens (tertiary/aromatic N) is 1. The van der Waals surface area contributed by atoms with Gasteiger partial charge in [-0.15, -0.1) is 0 Å². The molecule has 0 spiro atoms. The number of nitrogens with one attached hydrogen (secondary N) is 1. The van der Waals surface area contributed by atoms with Crippen molar-refractivity contribution in [1.29, 1.82) is 0 Å². The average molecular weight is 272 g/mol. The molecule has 6 heteroatoms. The van der Waals surface area contributed by atoms with Gasteiger partial charge < -0.3 is 4.74 Å². The number of hydrogen-bond donors (Lipinski definition) is 1. The molecule has 1 N–H and O–H groups in total. The molecule has 0 aliphatic rings. The first-order valence-corrected chi connectivity index (χ1v) is 5.85. The molecule has 20 heavy (non-hydrogen) atoms. The predicted octanol–water partition coefficient (Wildman–Crippen LogP) is 3.51. The first-order chi connectivity index (χ1) is 9.56. The number of ether oxygens (including phenoxy) is 1. The van der Waals surface area contributed by atoms with Gasteiger partial charge in [0.05, 0.1) is 10.6 Å². The molecular weight excluding hydrogens is 260 g/mol. The molecule has 0 fully saturated rings. The van der Waals surface area contributed by atoms with Crippen LogP contribution in [0.2, 0.25) is 0 Å². The summed E-state index contributed by atoms with van der Waals surface area (Å²) in [6.07, 6.45) is -0.695. The molecule has 0 saturated carbocycles. The first kappa shape index (κ1) is 13.5. The van der Waals surface area contributed by atoms with Crippen LogP contribution in [0.1, 0.15) is 5.56 Å². The second kappa shape index (κ2) is 5.83. The maximum Gasteiger partial charge on any atom is 0.417 e. The predicted molar refractivity (Wildman–Crippen MR) is 73.9 cm³/mol. The molecule has 0 saturated heterocycles. The molecule has 0 bridgehead atoms. The fraction of sp³-hybridized carbons (Fsp3) is 0.0714. The molecule has 0 radical (unpaired) electrons. The summed E-state index contributed by atoms with van der Waals surface area (Å²) in [6, 6.07) is 12.8. The molecule has 0 aliphatic carbocycles. The van der Waals surface area contributed by atoms with Crippen molar-refractivity contribution in [2.45, 2.75) is 6.92 Å². The zero-order valence-electron chi connectivity index (χ0n) is 10.7. The third kappa shape index (κ3) is 3.32. The van der Waals surface area contributed by atoms with Crippen molar-refractivity contribution in [3.63, 3.8) is 0 Å². The Morgan fingerprint density at radius 3 is 2.55 bits per heavy atom. The summed E-state index contributed by atoms with van der Waals surface area (Å²) in [5.41, 5.74) is 0.964. The van der Waals surface area contributed by atoms with Crippen LogP contribution in [0.25, 0.3) is 0 Å². The van der Waals surface area contributed by atoms with E-state index in [-0.39, 0.29) is 5.69 Å². The lowest BCUT2D eigenvalue weighted by Crippen LogP contribution is -2.17. The molecular formula is C14H12N2O4. The molecule has 102 valence electrons. The van der Waals surface area contributed by atoms with Gasteiger partial charge in [0.2, 0.25) is 0 Å². The SMILES string of the molecule is Cc1ccc([N+](=O)[O-])cc1NC(=O)Oc1ccccc1. The van der Waals surface area contributed by atoms with E-state index < -0.39 is 11.0 Å². The van der Waals surface area contributed by atoms with Gasteiger partial charge in [0.25, 0.3) is 5.69 Å². The van der Waals surface area contributed by atoms with Crippen molar-refractivity contribution < 1.29 is 14.5 Å². The summed E-state index contributed by atoms with van der Waals surface area (Å²) in [7, 11) is 0. The lowest BCUT2D eigenvalue weighted by molar-refractivity contribution is -0.384. The van der Waals surface area contributed by atoms with Gasteiger partial charge in [-0.2, -0.15) is 0 Å². The Labute approximate surface area is 115 Å². The molecule has 2 aromatic rings. The summed E-state index contributed by atoms with van der Waals surface area (Å²) in [4.78, 5) is 21.9. The summed E-state index contributed by atoms with van der Waals surface area (Å²) in [5, 5.41) is 13.2. The molecule has 0 unspecified atom stereocenters. The van der Waals surface area contributed by atoms with E-state index in [0.29, 0.717) is 17.0 Å². The number of para-hydroxylation sites is 1. The highest BCUT2D eigenvalue weighted by atomic mass is 16.6. The van der Waals surface area contributed by atoms with Gasteiger partial charge in [-0.1, -0.05) is 24.3 Å². The van der Waals surface area contributed by atoms with Crippen LogP contribution in [0, 0.1) is 17.0 Å². The fourth-order valence-corrected chi connectivity index (χ4v) is 1.59. The number of hydrogen-bond acceptors (Lipinski definition) is 4. The highest BCUT2D eigenvalue weighted by Gasteiger charge is 2.12. The standard InChI is InChI=1S/C14H12N2O4/c1-10-7-8-11(16(18)19)9-13(10)15-14(17)20-12-5-3-2-4-6-12/h2-9H,1H3,(H,15,17). The minimum atomic E-state index is -0.695. The number of anilines is 1. The van der Waals surface area contributed by atoms with Gasteiger partial charge in [-0.3, -0.25) is 15.4 Å². The van der Waals surface area contributed by atoms with Gasteiger partial charge in [-0.25, -0.2) is 4.79 Å². The number of carbonyl (C=O) groups is 1. The van der Waals surface area contributed by atoms with Crippen LogP contribution >= 0.6 is 0 Å². The van der Waals surface area contributed by atoms with E-state index in [9.17, 15) is 14.9 Å².